The maximum atomic E-state index is 2.51. The van der Waals surface area contributed by atoms with Gasteiger partial charge in [0.05, 0.1) is 0 Å². The standard InChI is InChI=1S/C20H42P2.2CH3.Ti/c1-14(2)21-16-11-17(22-15(3)4)13-20(12-16,18(5,6)7)19(8,9)10;;;/h14-17,21-22H,11-13H2,1-10H3;2*1H3;. The Balaban J connectivity index is 0.00000178. The van der Waals surface area contributed by atoms with E-state index in [-0.39, 0.29) is 0 Å². The van der Waals surface area contributed by atoms with Crippen molar-refractivity contribution in [1.82, 2.24) is 0 Å². The fourth-order valence-electron chi connectivity index (χ4n) is 4.98. The summed E-state index contributed by atoms with van der Waals surface area (Å²) in [5.74, 6) is 0. The molecule has 0 amide bonds. The first kappa shape index (κ1) is 26.6. The van der Waals surface area contributed by atoms with E-state index in [0.29, 0.717) is 35.4 Å². The summed E-state index contributed by atoms with van der Waals surface area (Å²) in [5.41, 5.74) is 4.92. The molecule has 0 saturated heterocycles. The number of hydrogen-bond donors (Lipinski definition) is 0. The van der Waals surface area contributed by atoms with Gasteiger partial charge in [0, 0.05) is 0 Å². The SMILES string of the molecule is CC(C)PC1CC(PC(C)C)CC(C(C)(C)C)(C(C)(C)C)C1.[CH3][Ti][CH3]. The Hall–Kier alpha value is 1.57. The van der Waals surface area contributed by atoms with Gasteiger partial charge in [0.1, 0.15) is 0 Å². The molecule has 0 bridgehead atoms. The van der Waals surface area contributed by atoms with E-state index in [4.69, 9.17) is 0 Å². The second kappa shape index (κ2) is 10.9. The first-order valence-corrected chi connectivity index (χ1v) is 15.7. The third-order valence-corrected chi connectivity index (χ3v) is 8.92. The molecule has 0 N–H and O–H groups in total. The van der Waals surface area contributed by atoms with E-state index in [1.165, 1.54) is 19.3 Å². The molecule has 0 aromatic rings. The molecule has 1 saturated carbocycles. The molecule has 4 unspecified atom stereocenters. The third kappa shape index (κ3) is 8.22. The van der Waals surface area contributed by atoms with E-state index in [1.54, 1.807) is 0 Å². The predicted octanol–water partition coefficient (Wildman–Crippen LogP) is 8.33. The van der Waals surface area contributed by atoms with E-state index in [9.17, 15) is 0 Å². The quantitative estimate of drug-likeness (QED) is 0.316. The fraction of sp³-hybridized carbons (Fsp3) is 1.00. The molecule has 0 aromatic carbocycles. The first-order valence-electron chi connectivity index (χ1n) is 10.3. The first-order chi connectivity index (χ1) is 11.2. The van der Waals surface area contributed by atoms with Crippen molar-refractivity contribution >= 4 is 17.2 Å². The van der Waals surface area contributed by atoms with Crippen LogP contribution in [-0.2, 0) is 19.2 Å². The van der Waals surface area contributed by atoms with Crippen LogP contribution in [0, 0.1) is 16.2 Å². The molecular formula is C22H48P2Ti. The minimum absolute atomic E-state index is 0.394. The van der Waals surface area contributed by atoms with Crippen molar-refractivity contribution in [2.45, 2.75) is 122 Å². The molecule has 0 heterocycles. The van der Waals surface area contributed by atoms with Crippen LogP contribution in [0.4, 0.5) is 0 Å². The third-order valence-electron chi connectivity index (χ3n) is 5.77. The van der Waals surface area contributed by atoms with Crippen LogP contribution in [-0.4, -0.2) is 22.6 Å². The van der Waals surface area contributed by atoms with Gasteiger partial charge in [-0.05, 0) is 58.1 Å². The second-order valence-electron chi connectivity index (χ2n) is 10.8. The molecule has 0 spiro atoms. The molecule has 1 aliphatic rings. The van der Waals surface area contributed by atoms with Crippen LogP contribution >= 0.6 is 17.2 Å². The van der Waals surface area contributed by atoms with Gasteiger partial charge in [-0.15, -0.1) is 17.2 Å². The summed E-state index contributed by atoms with van der Waals surface area (Å²) < 4.78 is 0. The Bertz CT molecular complexity index is 329. The van der Waals surface area contributed by atoms with E-state index in [2.05, 4.69) is 79.7 Å². The van der Waals surface area contributed by atoms with Crippen molar-refractivity contribution in [2.75, 3.05) is 0 Å². The molecule has 1 aliphatic carbocycles. The maximum absolute atomic E-state index is 2.51. The van der Waals surface area contributed by atoms with E-state index in [0.717, 1.165) is 39.8 Å². The molecule has 25 heavy (non-hydrogen) atoms. The van der Waals surface area contributed by atoms with Crippen molar-refractivity contribution in [3.8, 4) is 0 Å². The number of hydrogen-bond acceptors (Lipinski definition) is 0. The fourth-order valence-corrected chi connectivity index (χ4v) is 8.88. The average molecular weight is 422 g/mol. The topological polar surface area (TPSA) is 0 Å². The molecule has 0 aromatic heterocycles. The van der Waals surface area contributed by atoms with E-state index in [1.807, 2.05) is 0 Å². The van der Waals surface area contributed by atoms with Gasteiger partial charge in [0.15, 0.2) is 0 Å². The van der Waals surface area contributed by atoms with Crippen LogP contribution < -0.4 is 0 Å². The Morgan fingerprint density at radius 3 is 1.24 bits per heavy atom. The Labute approximate surface area is 173 Å². The van der Waals surface area contributed by atoms with Gasteiger partial charge in [0.2, 0.25) is 0 Å². The second-order valence-corrected chi connectivity index (χ2v) is 16.9. The summed E-state index contributed by atoms with van der Waals surface area (Å²) in [6.45, 7) is 24.7. The van der Waals surface area contributed by atoms with Crippen LogP contribution in [0.1, 0.15) is 88.5 Å². The van der Waals surface area contributed by atoms with Gasteiger partial charge in [-0.25, -0.2) is 0 Å². The van der Waals surface area contributed by atoms with Crippen LogP contribution in [0.5, 0.6) is 0 Å². The zero-order valence-electron chi connectivity index (χ0n) is 19.4. The summed E-state index contributed by atoms with van der Waals surface area (Å²) in [6, 6.07) is 0. The van der Waals surface area contributed by atoms with Crippen molar-refractivity contribution in [3.05, 3.63) is 0 Å². The normalized spacial score (nSPS) is 25.0. The Morgan fingerprint density at radius 2 is 1.04 bits per heavy atom. The van der Waals surface area contributed by atoms with Crippen molar-refractivity contribution in [1.29, 1.82) is 0 Å². The molecule has 1 fully saturated rings. The van der Waals surface area contributed by atoms with Gasteiger partial charge in [-0.3, -0.25) is 0 Å². The van der Waals surface area contributed by atoms with Crippen molar-refractivity contribution in [3.63, 3.8) is 0 Å². The zero-order valence-corrected chi connectivity index (χ0v) is 23.0. The summed E-state index contributed by atoms with van der Waals surface area (Å²) in [5, 5.41) is 4.50. The molecule has 4 atom stereocenters. The van der Waals surface area contributed by atoms with Crippen LogP contribution in [0.15, 0.2) is 0 Å². The summed E-state index contributed by atoms with van der Waals surface area (Å²) in [6.07, 6.45) is 4.41. The summed E-state index contributed by atoms with van der Waals surface area (Å²) in [7, 11) is 2.30. The molecule has 0 nitrogen and oxygen atoms in total. The van der Waals surface area contributed by atoms with Gasteiger partial charge < -0.3 is 0 Å². The Kier molecular flexibility index (Phi) is 11.6. The Morgan fingerprint density at radius 1 is 0.760 bits per heavy atom. The van der Waals surface area contributed by atoms with E-state index >= 15 is 0 Å². The van der Waals surface area contributed by atoms with Crippen LogP contribution in [0.2, 0.25) is 10.5 Å². The van der Waals surface area contributed by atoms with Gasteiger partial charge >= 0.3 is 29.6 Å². The monoisotopic (exact) mass is 422 g/mol. The molecule has 1 rings (SSSR count). The molecule has 0 radical (unpaired) electrons. The summed E-state index contributed by atoms with van der Waals surface area (Å²) >= 11 is 0.500. The minimum atomic E-state index is 0.394. The van der Waals surface area contributed by atoms with Crippen molar-refractivity contribution < 1.29 is 19.2 Å². The van der Waals surface area contributed by atoms with Gasteiger partial charge in [-0.2, -0.15) is 0 Å². The molecule has 0 aliphatic heterocycles. The van der Waals surface area contributed by atoms with Crippen LogP contribution in [0.25, 0.3) is 0 Å². The average Bonchev–Trinajstić information content (AvgIpc) is 2.34. The molecule has 3 heteroatoms. The van der Waals surface area contributed by atoms with Gasteiger partial charge in [-0.1, -0.05) is 69.2 Å². The molecule has 150 valence electrons. The number of rotatable bonds is 4. The van der Waals surface area contributed by atoms with E-state index < -0.39 is 0 Å². The van der Waals surface area contributed by atoms with Gasteiger partial charge in [0.25, 0.3) is 0 Å². The van der Waals surface area contributed by atoms with Crippen molar-refractivity contribution in [2.24, 2.45) is 16.2 Å². The zero-order chi connectivity index (χ0) is 20.1. The predicted molar refractivity (Wildman–Crippen MR) is 121 cm³/mol. The molecular weight excluding hydrogens is 374 g/mol. The summed E-state index contributed by atoms with van der Waals surface area (Å²) in [4.78, 5) is 0. The van der Waals surface area contributed by atoms with Crippen LogP contribution in [0.3, 0.4) is 0 Å².